The molecule has 0 spiro atoms. The van der Waals surface area contributed by atoms with Gasteiger partial charge in [0.2, 0.25) is 5.91 Å². The third-order valence-corrected chi connectivity index (χ3v) is 2.81. The first-order valence-corrected chi connectivity index (χ1v) is 5.85. The molecule has 94 valence electrons. The van der Waals surface area contributed by atoms with Crippen LogP contribution in [0, 0.1) is 0 Å². The summed E-state index contributed by atoms with van der Waals surface area (Å²) in [6, 6.07) is -0.451. The summed E-state index contributed by atoms with van der Waals surface area (Å²) in [6.07, 6.45) is 5.02. The highest BCUT2D eigenvalue weighted by Gasteiger charge is 2.42. The highest BCUT2D eigenvalue weighted by Crippen LogP contribution is 2.27. The van der Waals surface area contributed by atoms with Crippen molar-refractivity contribution in [2.24, 2.45) is 0 Å². The molecule has 0 saturated carbocycles. The van der Waals surface area contributed by atoms with Crippen molar-refractivity contribution in [1.82, 2.24) is 4.90 Å². The van der Waals surface area contributed by atoms with E-state index in [1.807, 2.05) is 0 Å². The molecule has 1 rings (SSSR count). The molecule has 4 heteroatoms. The number of β-lactam (4-membered cyclic amide) rings is 1. The molecule has 17 heavy (non-hydrogen) atoms. The van der Waals surface area contributed by atoms with Crippen LogP contribution < -0.4 is 0 Å². The van der Waals surface area contributed by atoms with Gasteiger partial charge >= 0.3 is 5.97 Å². The van der Waals surface area contributed by atoms with Gasteiger partial charge in [0, 0.05) is 12.5 Å². The zero-order valence-electron chi connectivity index (χ0n) is 10.2. The van der Waals surface area contributed by atoms with Gasteiger partial charge < -0.3 is 9.64 Å². The summed E-state index contributed by atoms with van der Waals surface area (Å²) in [5.41, 5.74) is 0. The minimum Gasteiger partial charge on any atom is -0.464 e. The number of nitrogens with zero attached hydrogens (tertiary/aromatic N) is 1. The topological polar surface area (TPSA) is 46.6 Å². The number of rotatable bonds is 7. The third-order valence-electron chi connectivity index (χ3n) is 2.81. The van der Waals surface area contributed by atoms with Crippen molar-refractivity contribution in [3.8, 4) is 0 Å². The molecule has 1 heterocycles. The number of amides is 1. The van der Waals surface area contributed by atoms with Crippen molar-refractivity contribution in [1.29, 1.82) is 0 Å². The smallest absolute Gasteiger partial charge is 0.329 e. The maximum absolute atomic E-state index is 11.8. The Morgan fingerprint density at radius 1 is 1.59 bits per heavy atom. The summed E-state index contributed by atoms with van der Waals surface area (Å²) in [6.45, 7) is 9.34. The second kappa shape index (κ2) is 6.23. The molecule has 1 saturated heterocycles. The van der Waals surface area contributed by atoms with E-state index in [1.165, 1.54) is 0 Å². The van der Waals surface area contributed by atoms with Crippen LogP contribution in [0.15, 0.2) is 25.3 Å². The van der Waals surface area contributed by atoms with Crippen molar-refractivity contribution in [2.75, 3.05) is 6.61 Å². The van der Waals surface area contributed by atoms with Crippen LogP contribution in [0.25, 0.3) is 0 Å². The van der Waals surface area contributed by atoms with E-state index >= 15 is 0 Å². The molecular formula is C13H19NO3. The third kappa shape index (κ3) is 2.96. The van der Waals surface area contributed by atoms with Gasteiger partial charge in [-0.15, -0.1) is 13.2 Å². The Labute approximate surface area is 102 Å². The Balaban J connectivity index is 2.74. The van der Waals surface area contributed by atoms with Crippen LogP contribution in [0.3, 0.4) is 0 Å². The molecule has 0 aromatic carbocycles. The van der Waals surface area contributed by atoms with Crippen LogP contribution in [-0.2, 0) is 14.3 Å². The summed E-state index contributed by atoms with van der Waals surface area (Å²) in [7, 11) is 0. The van der Waals surface area contributed by atoms with Gasteiger partial charge in [-0.05, 0) is 19.8 Å². The average Bonchev–Trinajstić information content (AvgIpc) is 2.28. The van der Waals surface area contributed by atoms with Crippen LogP contribution in [0.5, 0.6) is 0 Å². The first-order chi connectivity index (χ1) is 8.15. The summed E-state index contributed by atoms with van der Waals surface area (Å²) in [4.78, 5) is 25.0. The summed E-state index contributed by atoms with van der Waals surface area (Å²) in [5, 5.41) is 0. The summed E-state index contributed by atoms with van der Waals surface area (Å²) < 4.78 is 4.98. The molecule has 1 amide bonds. The molecule has 2 atom stereocenters. The van der Waals surface area contributed by atoms with E-state index in [0.29, 0.717) is 25.9 Å². The lowest BCUT2D eigenvalue weighted by Crippen LogP contribution is -2.59. The minimum atomic E-state index is -0.529. The summed E-state index contributed by atoms with van der Waals surface area (Å²) in [5.74, 6) is -0.355. The van der Waals surface area contributed by atoms with Gasteiger partial charge in [0.1, 0.15) is 6.04 Å². The number of hydrogen-bond donors (Lipinski definition) is 0. The number of likely N-dealkylation sites (tertiary alicyclic amines) is 1. The lowest BCUT2D eigenvalue weighted by molar-refractivity contribution is -0.164. The van der Waals surface area contributed by atoms with Gasteiger partial charge in [0.05, 0.1) is 6.61 Å². The largest absolute Gasteiger partial charge is 0.464 e. The zero-order chi connectivity index (χ0) is 12.8. The highest BCUT2D eigenvalue weighted by atomic mass is 16.5. The fourth-order valence-electron chi connectivity index (χ4n) is 2.03. The van der Waals surface area contributed by atoms with E-state index in [1.54, 1.807) is 24.0 Å². The number of ether oxygens (including phenoxy) is 1. The first kappa shape index (κ1) is 13.5. The van der Waals surface area contributed by atoms with E-state index in [0.717, 1.165) is 0 Å². The minimum absolute atomic E-state index is 0.00301. The molecule has 4 nitrogen and oxygen atoms in total. The number of hydrogen-bond acceptors (Lipinski definition) is 3. The van der Waals surface area contributed by atoms with Crippen LogP contribution in [0.2, 0.25) is 0 Å². The second-order valence-corrected chi connectivity index (χ2v) is 3.98. The van der Waals surface area contributed by atoms with Crippen molar-refractivity contribution >= 4 is 11.9 Å². The maximum atomic E-state index is 11.8. The molecule has 0 aromatic rings. The molecule has 0 bridgehead atoms. The SMILES string of the molecule is C=CCC1CC(=O)N1C(CC=C)C(=O)OCC. The van der Waals surface area contributed by atoms with Crippen LogP contribution in [-0.4, -0.2) is 35.5 Å². The molecule has 0 aliphatic carbocycles. The summed E-state index contributed by atoms with van der Waals surface area (Å²) >= 11 is 0. The number of esters is 1. The van der Waals surface area contributed by atoms with Crippen molar-refractivity contribution < 1.29 is 14.3 Å². The van der Waals surface area contributed by atoms with Crippen LogP contribution >= 0.6 is 0 Å². The molecule has 0 radical (unpaired) electrons. The van der Waals surface area contributed by atoms with Gasteiger partial charge in [0.25, 0.3) is 0 Å². The van der Waals surface area contributed by atoms with E-state index in [-0.39, 0.29) is 17.9 Å². The van der Waals surface area contributed by atoms with Crippen molar-refractivity contribution in [3.63, 3.8) is 0 Å². The van der Waals surface area contributed by atoms with E-state index in [4.69, 9.17) is 4.74 Å². The van der Waals surface area contributed by atoms with E-state index in [9.17, 15) is 9.59 Å². The monoisotopic (exact) mass is 237 g/mol. The molecule has 1 aliphatic heterocycles. The molecule has 0 N–H and O–H groups in total. The molecule has 1 aliphatic rings. The Hall–Kier alpha value is -1.58. The molecular weight excluding hydrogens is 218 g/mol. The Morgan fingerprint density at radius 2 is 2.29 bits per heavy atom. The lowest BCUT2D eigenvalue weighted by atomic mass is 9.94. The maximum Gasteiger partial charge on any atom is 0.329 e. The van der Waals surface area contributed by atoms with Crippen LogP contribution in [0.4, 0.5) is 0 Å². The quantitative estimate of drug-likeness (QED) is 0.384. The van der Waals surface area contributed by atoms with Crippen molar-refractivity contribution in [3.05, 3.63) is 25.3 Å². The molecule has 0 aromatic heterocycles. The van der Waals surface area contributed by atoms with Gasteiger partial charge in [-0.25, -0.2) is 4.79 Å². The van der Waals surface area contributed by atoms with Gasteiger partial charge in [-0.1, -0.05) is 12.2 Å². The van der Waals surface area contributed by atoms with Crippen LogP contribution in [0.1, 0.15) is 26.2 Å². The Morgan fingerprint density at radius 3 is 2.76 bits per heavy atom. The average molecular weight is 237 g/mol. The molecule has 1 fully saturated rings. The second-order valence-electron chi connectivity index (χ2n) is 3.98. The fraction of sp³-hybridized carbons (Fsp3) is 0.538. The van der Waals surface area contributed by atoms with E-state index in [2.05, 4.69) is 13.2 Å². The Kier molecular flexibility index (Phi) is 4.94. The number of carbonyl (C=O) groups is 2. The number of carbonyl (C=O) groups excluding carboxylic acids is 2. The lowest BCUT2D eigenvalue weighted by Gasteiger charge is -2.44. The highest BCUT2D eigenvalue weighted by molar-refractivity contribution is 5.89. The Bertz CT molecular complexity index is 323. The fourth-order valence-corrected chi connectivity index (χ4v) is 2.03. The van der Waals surface area contributed by atoms with E-state index < -0.39 is 6.04 Å². The zero-order valence-corrected chi connectivity index (χ0v) is 10.2. The van der Waals surface area contributed by atoms with Gasteiger partial charge in [-0.2, -0.15) is 0 Å². The molecule has 2 unspecified atom stereocenters. The van der Waals surface area contributed by atoms with Crippen molar-refractivity contribution in [2.45, 2.75) is 38.3 Å². The standard InChI is InChI=1S/C13H19NO3/c1-4-7-10-9-12(15)14(10)11(8-5-2)13(16)17-6-3/h4-5,10-11H,1-2,6-9H2,3H3. The van der Waals surface area contributed by atoms with Gasteiger partial charge in [-0.3, -0.25) is 4.79 Å². The normalized spacial score (nSPS) is 20.4. The van der Waals surface area contributed by atoms with Gasteiger partial charge in [0.15, 0.2) is 0 Å². The predicted octanol–water partition coefficient (Wildman–Crippen LogP) is 1.67. The predicted molar refractivity (Wildman–Crippen MR) is 65.3 cm³/mol. The first-order valence-electron chi connectivity index (χ1n) is 5.85.